The molecule has 0 fully saturated rings. The fourth-order valence-electron chi connectivity index (χ4n) is 2.21. The lowest BCUT2D eigenvalue weighted by atomic mass is 9.89. The molecule has 0 heterocycles. The van der Waals surface area contributed by atoms with E-state index in [4.69, 9.17) is 10.5 Å². The van der Waals surface area contributed by atoms with E-state index >= 15 is 0 Å². The number of esters is 1. The van der Waals surface area contributed by atoms with Gasteiger partial charge in [-0.15, -0.1) is 0 Å². The van der Waals surface area contributed by atoms with Crippen LogP contribution in [0, 0.1) is 0 Å². The number of nitrogen functional groups attached to an aromatic ring is 1. The first-order chi connectivity index (χ1) is 9.01. The van der Waals surface area contributed by atoms with Crippen molar-refractivity contribution < 1.29 is 9.53 Å². The number of benzene rings is 1. The second-order valence-corrected chi connectivity index (χ2v) is 4.76. The molecule has 0 aliphatic carbocycles. The van der Waals surface area contributed by atoms with Gasteiger partial charge in [0.05, 0.1) is 24.0 Å². The van der Waals surface area contributed by atoms with Crippen LogP contribution in [0.5, 0.6) is 0 Å². The number of methoxy groups -OCH3 is 1. The molecule has 0 radical (unpaired) electrons. The summed E-state index contributed by atoms with van der Waals surface area (Å²) >= 11 is 0. The van der Waals surface area contributed by atoms with Gasteiger partial charge >= 0.3 is 5.97 Å². The average Bonchev–Trinajstić information content (AvgIpc) is 2.46. The number of carbonyl (C=O) groups excluding carboxylic acids is 1. The molecule has 1 aromatic rings. The van der Waals surface area contributed by atoms with Crippen molar-refractivity contribution in [1.29, 1.82) is 0 Å². The van der Waals surface area contributed by atoms with Gasteiger partial charge in [-0.3, -0.25) is 0 Å². The molecule has 0 amide bonds. The first-order valence-electron chi connectivity index (χ1n) is 6.78. The Bertz CT molecular complexity index is 432. The fraction of sp³-hybridized carbons (Fsp3) is 0.533. The highest BCUT2D eigenvalue weighted by Crippen LogP contribution is 2.29. The normalized spacial score (nSPS) is 11.2. The number of hydrogen-bond acceptors (Lipinski definition) is 4. The molecule has 0 unspecified atom stereocenters. The summed E-state index contributed by atoms with van der Waals surface area (Å²) in [4.78, 5) is 11.6. The van der Waals surface area contributed by atoms with Crippen LogP contribution >= 0.6 is 0 Å². The van der Waals surface area contributed by atoms with E-state index in [-0.39, 0.29) is 11.5 Å². The first kappa shape index (κ1) is 15.3. The predicted octanol–water partition coefficient (Wildman–Crippen LogP) is 3.44. The Morgan fingerprint density at radius 1 is 1.26 bits per heavy atom. The molecule has 3 N–H and O–H groups in total. The quantitative estimate of drug-likeness (QED) is 0.610. The second kappa shape index (κ2) is 6.45. The highest BCUT2D eigenvalue weighted by molar-refractivity contribution is 5.92. The van der Waals surface area contributed by atoms with Gasteiger partial charge < -0.3 is 15.8 Å². The highest BCUT2D eigenvalue weighted by Gasteiger charge is 2.24. The average molecular weight is 264 g/mol. The minimum Gasteiger partial charge on any atom is -0.465 e. The third kappa shape index (κ3) is 3.40. The summed E-state index contributed by atoms with van der Waals surface area (Å²) in [5.41, 5.74) is 7.96. The van der Waals surface area contributed by atoms with E-state index in [9.17, 15) is 4.79 Å². The van der Waals surface area contributed by atoms with Gasteiger partial charge in [0, 0.05) is 5.54 Å². The van der Waals surface area contributed by atoms with Gasteiger partial charge in [-0.2, -0.15) is 0 Å². The molecule has 4 nitrogen and oxygen atoms in total. The number of nitrogens with two attached hydrogens (primary N) is 1. The summed E-state index contributed by atoms with van der Waals surface area (Å²) in [6.07, 6.45) is 3.01. The molecule has 1 rings (SSSR count). The number of ether oxygens (including phenoxy) is 1. The molecule has 19 heavy (non-hydrogen) atoms. The summed E-state index contributed by atoms with van der Waals surface area (Å²) in [5, 5.41) is 3.50. The Kier molecular flexibility index (Phi) is 5.21. The molecule has 0 saturated carbocycles. The SMILES string of the molecule is CCC(CC)(CC)Nc1cc(C(=O)OC)ccc1N. The Morgan fingerprint density at radius 2 is 1.84 bits per heavy atom. The molecule has 0 spiro atoms. The zero-order valence-corrected chi connectivity index (χ0v) is 12.2. The first-order valence-corrected chi connectivity index (χ1v) is 6.78. The minimum atomic E-state index is -0.349. The van der Waals surface area contributed by atoms with Crippen molar-refractivity contribution in [2.45, 2.75) is 45.6 Å². The van der Waals surface area contributed by atoms with Crippen LogP contribution in [-0.4, -0.2) is 18.6 Å². The van der Waals surface area contributed by atoms with Crippen LogP contribution in [0.15, 0.2) is 18.2 Å². The molecule has 0 aromatic heterocycles. The summed E-state index contributed by atoms with van der Waals surface area (Å²) in [7, 11) is 1.38. The van der Waals surface area contributed by atoms with Crippen molar-refractivity contribution in [3.05, 3.63) is 23.8 Å². The number of carbonyl (C=O) groups is 1. The summed E-state index contributed by atoms with van der Waals surface area (Å²) in [6, 6.07) is 5.18. The van der Waals surface area contributed by atoms with E-state index in [0.717, 1.165) is 24.9 Å². The monoisotopic (exact) mass is 264 g/mol. The summed E-state index contributed by atoms with van der Waals surface area (Å²) < 4.78 is 4.73. The second-order valence-electron chi connectivity index (χ2n) is 4.76. The van der Waals surface area contributed by atoms with E-state index < -0.39 is 0 Å². The lowest BCUT2D eigenvalue weighted by Gasteiger charge is -2.33. The van der Waals surface area contributed by atoms with Gasteiger partial charge in [-0.1, -0.05) is 20.8 Å². The number of nitrogens with one attached hydrogen (secondary N) is 1. The molecular formula is C15H24N2O2. The van der Waals surface area contributed by atoms with Gasteiger partial charge in [0.25, 0.3) is 0 Å². The largest absolute Gasteiger partial charge is 0.465 e. The van der Waals surface area contributed by atoms with Crippen LogP contribution in [0.25, 0.3) is 0 Å². The van der Waals surface area contributed by atoms with Gasteiger partial charge in [0.2, 0.25) is 0 Å². The maximum absolute atomic E-state index is 11.6. The molecule has 0 aliphatic rings. The molecule has 0 atom stereocenters. The maximum Gasteiger partial charge on any atom is 0.337 e. The van der Waals surface area contributed by atoms with Crippen molar-refractivity contribution in [3.63, 3.8) is 0 Å². The lowest BCUT2D eigenvalue weighted by Crippen LogP contribution is -2.36. The number of rotatable bonds is 6. The Balaban J connectivity index is 3.09. The van der Waals surface area contributed by atoms with E-state index in [0.29, 0.717) is 11.3 Å². The highest BCUT2D eigenvalue weighted by atomic mass is 16.5. The molecule has 4 heteroatoms. The van der Waals surface area contributed by atoms with Crippen LogP contribution in [0.2, 0.25) is 0 Å². The molecule has 0 bridgehead atoms. The predicted molar refractivity (Wildman–Crippen MR) is 79.4 cm³/mol. The molecule has 106 valence electrons. The van der Waals surface area contributed by atoms with Crippen molar-refractivity contribution in [2.75, 3.05) is 18.2 Å². The van der Waals surface area contributed by atoms with Crippen LogP contribution < -0.4 is 11.1 Å². The lowest BCUT2D eigenvalue weighted by molar-refractivity contribution is 0.0601. The summed E-state index contributed by atoms with van der Waals surface area (Å²) in [5.74, 6) is -0.349. The molecule has 0 aliphatic heterocycles. The van der Waals surface area contributed by atoms with Crippen molar-refractivity contribution in [1.82, 2.24) is 0 Å². The van der Waals surface area contributed by atoms with Gasteiger partial charge in [-0.05, 0) is 37.5 Å². The molecular weight excluding hydrogens is 240 g/mol. The van der Waals surface area contributed by atoms with Crippen molar-refractivity contribution in [3.8, 4) is 0 Å². The minimum absolute atomic E-state index is 0.0167. The van der Waals surface area contributed by atoms with Gasteiger partial charge in [0.1, 0.15) is 0 Å². The topological polar surface area (TPSA) is 64.3 Å². The number of hydrogen-bond donors (Lipinski definition) is 2. The summed E-state index contributed by atoms with van der Waals surface area (Å²) in [6.45, 7) is 6.46. The van der Waals surface area contributed by atoms with Crippen LogP contribution in [0.4, 0.5) is 11.4 Å². The third-order valence-corrected chi connectivity index (χ3v) is 3.90. The van der Waals surface area contributed by atoms with Gasteiger partial charge in [-0.25, -0.2) is 4.79 Å². The smallest absolute Gasteiger partial charge is 0.337 e. The Hall–Kier alpha value is -1.71. The van der Waals surface area contributed by atoms with Crippen LogP contribution in [0.3, 0.4) is 0 Å². The standard InChI is InChI=1S/C15H24N2O2/c1-5-15(6-2,7-3)17-13-10-11(14(18)19-4)8-9-12(13)16/h8-10,17H,5-7,16H2,1-4H3. The molecule has 1 aromatic carbocycles. The van der Waals surface area contributed by atoms with Gasteiger partial charge in [0.15, 0.2) is 0 Å². The third-order valence-electron chi connectivity index (χ3n) is 3.90. The fourth-order valence-corrected chi connectivity index (χ4v) is 2.21. The van der Waals surface area contributed by atoms with Crippen LogP contribution in [0.1, 0.15) is 50.4 Å². The molecule has 0 saturated heterocycles. The van der Waals surface area contributed by atoms with E-state index in [1.165, 1.54) is 7.11 Å². The van der Waals surface area contributed by atoms with Crippen molar-refractivity contribution in [2.24, 2.45) is 0 Å². The van der Waals surface area contributed by atoms with Crippen LogP contribution in [-0.2, 0) is 4.74 Å². The Morgan fingerprint density at radius 3 is 2.32 bits per heavy atom. The zero-order chi connectivity index (χ0) is 14.5. The van der Waals surface area contributed by atoms with E-state index in [2.05, 4.69) is 26.1 Å². The van der Waals surface area contributed by atoms with E-state index in [1.54, 1.807) is 18.2 Å². The van der Waals surface area contributed by atoms with E-state index in [1.807, 2.05) is 0 Å². The number of anilines is 2. The maximum atomic E-state index is 11.6. The zero-order valence-electron chi connectivity index (χ0n) is 12.2. The van der Waals surface area contributed by atoms with Crippen molar-refractivity contribution >= 4 is 17.3 Å². The Labute approximate surface area is 115 Å².